The minimum atomic E-state index is -1.84. The Morgan fingerprint density at radius 2 is 1.66 bits per heavy atom. The molecule has 0 unspecified atom stereocenters. The van der Waals surface area contributed by atoms with Crippen molar-refractivity contribution in [1.82, 2.24) is 9.47 Å². The standard InChI is InChI=1S/C21H32N4O2Si2/c1-15(26)19(23-22)20(27)25(21(28(3,4)5)29(6,7)8)14-17-13-16-11-9-10-12-18(16)24(17)2/h9-13,21H,14H2,1-8H3. The van der Waals surface area contributed by atoms with Crippen LogP contribution in [0.1, 0.15) is 12.6 Å². The molecule has 1 aromatic carbocycles. The summed E-state index contributed by atoms with van der Waals surface area (Å²) in [6, 6.07) is 10.2. The molecule has 1 heterocycles. The number of benzene rings is 1. The van der Waals surface area contributed by atoms with Crippen LogP contribution in [-0.2, 0) is 23.2 Å². The van der Waals surface area contributed by atoms with Gasteiger partial charge >= 0.3 is 11.6 Å². The summed E-state index contributed by atoms with van der Waals surface area (Å²) in [5.41, 5.74) is 11.1. The number of fused-ring (bicyclic) bond motifs is 1. The molecule has 1 amide bonds. The van der Waals surface area contributed by atoms with E-state index in [1.807, 2.05) is 24.1 Å². The summed E-state index contributed by atoms with van der Waals surface area (Å²) in [4.78, 5) is 30.3. The fraction of sp³-hybridized carbons (Fsp3) is 0.476. The van der Waals surface area contributed by atoms with E-state index in [-0.39, 0.29) is 5.29 Å². The van der Waals surface area contributed by atoms with Crippen LogP contribution in [-0.4, -0.2) is 53.1 Å². The van der Waals surface area contributed by atoms with E-state index >= 15 is 0 Å². The Morgan fingerprint density at radius 3 is 2.10 bits per heavy atom. The summed E-state index contributed by atoms with van der Waals surface area (Å²) >= 11 is 0. The summed E-state index contributed by atoms with van der Waals surface area (Å²) < 4.78 is 2.09. The quantitative estimate of drug-likeness (QED) is 0.220. The zero-order valence-electron chi connectivity index (χ0n) is 18.8. The zero-order chi connectivity index (χ0) is 22.1. The predicted octanol–water partition coefficient (Wildman–Crippen LogP) is 3.89. The molecule has 0 spiro atoms. The van der Waals surface area contributed by atoms with Gasteiger partial charge in [0.05, 0.1) is 22.7 Å². The first kappa shape index (κ1) is 23.0. The van der Waals surface area contributed by atoms with Crippen molar-refractivity contribution in [2.75, 3.05) is 0 Å². The van der Waals surface area contributed by atoms with Crippen LogP contribution in [0.4, 0.5) is 0 Å². The summed E-state index contributed by atoms with van der Waals surface area (Å²) in [6.45, 7) is 15.1. The maximum absolute atomic E-state index is 13.4. The molecule has 2 aromatic rings. The Bertz CT molecular complexity index is 978. The van der Waals surface area contributed by atoms with E-state index in [1.165, 1.54) is 6.92 Å². The number of ketones is 1. The number of amides is 1. The Hall–Kier alpha value is -2.29. The zero-order valence-corrected chi connectivity index (χ0v) is 20.8. The number of carbonyl (C=O) groups excluding carboxylic acids is 2. The van der Waals surface area contributed by atoms with Crippen molar-refractivity contribution in [1.29, 1.82) is 0 Å². The molecule has 6 nitrogen and oxygen atoms in total. The second-order valence-corrected chi connectivity index (χ2v) is 21.0. The molecule has 156 valence electrons. The van der Waals surface area contributed by atoms with Crippen molar-refractivity contribution in [3.63, 3.8) is 0 Å². The van der Waals surface area contributed by atoms with Crippen LogP contribution in [0.15, 0.2) is 30.3 Å². The highest BCUT2D eigenvalue weighted by molar-refractivity contribution is 6.96. The number of rotatable bonds is 7. The van der Waals surface area contributed by atoms with Crippen molar-refractivity contribution in [3.8, 4) is 0 Å². The molecule has 0 aliphatic heterocycles. The van der Waals surface area contributed by atoms with E-state index in [0.29, 0.717) is 6.54 Å². The fourth-order valence-corrected chi connectivity index (χ4v) is 17.3. The summed E-state index contributed by atoms with van der Waals surface area (Å²) in [7, 11) is -1.69. The Balaban J connectivity index is 2.65. The number of aromatic nitrogens is 1. The van der Waals surface area contributed by atoms with Crippen molar-refractivity contribution < 1.29 is 14.4 Å². The first-order valence-corrected chi connectivity index (χ1v) is 17.0. The van der Waals surface area contributed by atoms with Gasteiger partial charge in [0.15, 0.2) is 0 Å². The van der Waals surface area contributed by atoms with Crippen LogP contribution in [0.25, 0.3) is 16.4 Å². The van der Waals surface area contributed by atoms with Crippen molar-refractivity contribution in [3.05, 3.63) is 41.6 Å². The molecule has 0 atom stereocenters. The van der Waals surface area contributed by atoms with Crippen LogP contribution >= 0.6 is 0 Å². The SMILES string of the molecule is CC(=O)C(=[N+]=[N-])C(=O)N(Cc1cc2ccccc2n1C)C([Si](C)(C)C)[Si](C)(C)C. The van der Waals surface area contributed by atoms with Crippen LogP contribution in [0.3, 0.4) is 0 Å². The normalized spacial score (nSPS) is 12.2. The molecular weight excluding hydrogens is 396 g/mol. The summed E-state index contributed by atoms with van der Waals surface area (Å²) in [5, 5.41) is 1.18. The van der Waals surface area contributed by atoms with Crippen molar-refractivity contribution in [2.24, 2.45) is 7.05 Å². The monoisotopic (exact) mass is 428 g/mol. The van der Waals surface area contributed by atoms with Gasteiger partial charge in [-0.2, -0.15) is 4.79 Å². The first-order chi connectivity index (χ1) is 13.3. The third-order valence-electron chi connectivity index (χ3n) is 5.23. The molecule has 0 N–H and O–H groups in total. The van der Waals surface area contributed by atoms with Crippen LogP contribution < -0.4 is 0 Å². The number of carbonyl (C=O) groups is 2. The fourth-order valence-electron chi connectivity index (χ4n) is 4.59. The molecule has 0 radical (unpaired) electrons. The molecule has 0 aliphatic carbocycles. The lowest BCUT2D eigenvalue weighted by atomic mass is 10.2. The second kappa shape index (κ2) is 8.22. The molecule has 0 saturated heterocycles. The highest BCUT2D eigenvalue weighted by Gasteiger charge is 2.46. The predicted molar refractivity (Wildman–Crippen MR) is 123 cm³/mol. The molecule has 1 aromatic heterocycles. The van der Waals surface area contributed by atoms with Gasteiger partial charge in [0.25, 0.3) is 0 Å². The maximum atomic E-state index is 13.4. The minimum absolute atomic E-state index is 0.0663. The largest absolute Gasteiger partial charge is 0.421 e. The topological polar surface area (TPSA) is 78.7 Å². The highest BCUT2D eigenvalue weighted by atomic mass is 28.4. The number of para-hydroxylation sites is 1. The first-order valence-electron chi connectivity index (χ1n) is 9.86. The lowest BCUT2D eigenvalue weighted by Crippen LogP contribution is -2.65. The van der Waals surface area contributed by atoms with Gasteiger partial charge in [-0.25, -0.2) is 0 Å². The lowest BCUT2D eigenvalue weighted by molar-refractivity contribution is -0.132. The molecule has 0 saturated carbocycles. The van der Waals surface area contributed by atoms with E-state index in [0.717, 1.165) is 16.6 Å². The molecule has 8 heteroatoms. The lowest BCUT2D eigenvalue weighted by Gasteiger charge is -2.45. The summed E-state index contributed by atoms with van der Waals surface area (Å²) in [6.07, 6.45) is 0. The van der Waals surface area contributed by atoms with Gasteiger partial charge in [-0.3, -0.25) is 9.59 Å². The van der Waals surface area contributed by atoms with Crippen LogP contribution in [0.5, 0.6) is 0 Å². The van der Waals surface area contributed by atoms with Gasteiger partial charge in [0.1, 0.15) is 0 Å². The molecule has 0 bridgehead atoms. The Labute approximate surface area is 175 Å². The van der Waals surface area contributed by atoms with Gasteiger partial charge in [0, 0.05) is 30.5 Å². The maximum Gasteiger partial charge on any atom is 0.421 e. The van der Waals surface area contributed by atoms with E-state index < -0.39 is 33.5 Å². The third kappa shape index (κ3) is 4.83. The molecule has 0 aliphatic rings. The molecule has 0 fully saturated rings. The van der Waals surface area contributed by atoms with E-state index in [2.05, 4.69) is 66.8 Å². The number of Topliss-reactive ketones (excluding diaryl/α,β-unsaturated/α-hetero) is 1. The van der Waals surface area contributed by atoms with E-state index in [9.17, 15) is 15.1 Å². The number of hydrogen-bond acceptors (Lipinski definition) is 2. The summed E-state index contributed by atoms with van der Waals surface area (Å²) in [5.74, 6) is -1.01. The highest BCUT2D eigenvalue weighted by Crippen LogP contribution is 2.28. The number of nitrogens with zero attached hydrogens (tertiary/aromatic N) is 4. The third-order valence-corrected chi connectivity index (χ3v) is 14.3. The van der Waals surface area contributed by atoms with Crippen molar-refractivity contribution in [2.45, 2.75) is 58.0 Å². The smallest absolute Gasteiger partial charge is 0.360 e. The average Bonchev–Trinajstić information content (AvgIpc) is 2.88. The molecule has 2 rings (SSSR count). The number of aryl methyl sites for hydroxylation is 1. The average molecular weight is 429 g/mol. The van der Waals surface area contributed by atoms with Gasteiger partial charge in [-0.15, -0.1) is 0 Å². The van der Waals surface area contributed by atoms with Gasteiger partial charge in [-0.1, -0.05) is 57.5 Å². The van der Waals surface area contributed by atoms with Gasteiger partial charge in [0.2, 0.25) is 5.78 Å². The van der Waals surface area contributed by atoms with Crippen LogP contribution in [0, 0.1) is 0 Å². The van der Waals surface area contributed by atoms with E-state index in [1.54, 1.807) is 0 Å². The van der Waals surface area contributed by atoms with Crippen molar-refractivity contribution >= 4 is 44.5 Å². The second-order valence-electron chi connectivity index (χ2n) is 9.83. The molecule has 29 heavy (non-hydrogen) atoms. The number of hydrogen-bond donors (Lipinski definition) is 0. The molecular formula is C21H32N4O2Si2. The van der Waals surface area contributed by atoms with Crippen LogP contribution in [0.2, 0.25) is 39.3 Å². The Kier molecular flexibility index (Phi) is 6.52. The Morgan fingerprint density at radius 1 is 1.10 bits per heavy atom. The van der Waals surface area contributed by atoms with E-state index in [4.69, 9.17) is 0 Å². The minimum Gasteiger partial charge on any atom is -0.360 e. The van der Waals surface area contributed by atoms with Gasteiger partial charge in [-0.05, 0) is 17.5 Å². The van der Waals surface area contributed by atoms with Gasteiger partial charge < -0.3 is 15.0 Å².